The number of aliphatic hydroxyl groups is 1. The number of anilines is 1. The van der Waals surface area contributed by atoms with Crippen LogP contribution in [0.4, 0.5) is 10.1 Å². The maximum atomic E-state index is 14.5. The van der Waals surface area contributed by atoms with E-state index in [1.807, 2.05) is 18.2 Å². The van der Waals surface area contributed by atoms with Crippen molar-refractivity contribution >= 4 is 22.5 Å². The topological polar surface area (TPSA) is 81.2 Å². The molecule has 1 saturated carbocycles. The predicted molar refractivity (Wildman–Crippen MR) is 145 cm³/mol. The van der Waals surface area contributed by atoms with E-state index in [0.717, 1.165) is 60.7 Å². The molecule has 7 heteroatoms. The predicted octanol–water partition coefficient (Wildman–Crippen LogP) is 5.74. The molecule has 6 nitrogen and oxygen atoms in total. The average molecular weight is 511 g/mol. The zero-order valence-corrected chi connectivity index (χ0v) is 21.1. The van der Waals surface area contributed by atoms with Gasteiger partial charge in [-0.25, -0.2) is 4.39 Å². The molecule has 1 aliphatic carbocycles. The van der Waals surface area contributed by atoms with E-state index in [1.165, 1.54) is 11.8 Å². The number of carbonyl (C=O) groups is 1. The van der Waals surface area contributed by atoms with E-state index in [2.05, 4.69) is 44.7 Å². The number of aliphatic hydroxyl groups excluding tert-OH is 1. The number of aromatic amines is 1. The number of fused-ring (bicyclic) bond motifs is 3. The fourth-order valence-electron chi connectivity index (χ4n) is 6.57. The Hall–Kier alpha value is -3.71. The van der Waals surface area contributed by atoms with Gasteiger partial charge in [-0.2, -0.15) is 5.10 Å². The normalized spacial score (nSPS) is 23.5. The number of carbonyl (C=O) groups excluding carboxylic acids is 1. The fourth-order valence-corrected chi connectivity index (χ4v) is 6.57. The molecule has 194 valence electrons. The minimum atomic E-state index is -0.332. The molecule has 1 unspecified atom stereocenters. The Balaban J connectivity index is 1.14. The second-order valence-electron chi connectivity index (χ2n) is 11.1. The highest BCUT2D eigenvalue weighted by Crippen LogP contribution is 2.42. The number of hydrogen-bond acceptors (Lipinski definition) is 4. The van der Waals surface area contributed by atoms with Crippen LogP contribution < -0.4 is 10.2 Å². The maximum Gasteiger partial charge on any atom is 0.251 e. The minimum absolute atomic E-state index is 0.184. The van der Waals surface area contributed by atoms with Crippen molar-refractivity contribution in [1.82, 2.24) is 15.5 Å². The van der Waals surface area contributed by atoms with Crippen molar-refractivity contribution in [2.45, 2.75) is 62.8 Å². The largest absolute Gasteiger partial charge is 0.393 e. The second kappa shape index (κ2) is 9.24. The van der Waals surface area contributed by atoms with E-state index in [4.69, 9.17) is 0 Å². The second-order valence-corrected chi connectivity index (χ2v) is 11.1. The number of nitrogens with zero attached hydrogens (tertiary/aromatic N) is 2. The Morgan fingerprint density at radius 1 is 1.00 bits per heavy atom. The summed E-state index contributed by atoms with van der Waals surface area (Å²) in [6, 6.07) is 21.2. The van der Waals surface area contributed by atoms with E-state index in [1.54, 1.807) is 18.2 Å². The monoisotopic (exact) mass is 510 g/mol. The fraction of sp³-hybridized carbons (Fsp3) is 0.355. The number of piperidine rings is 1. The van der Waals surface area contributed by atoms with Crippen LogP contribution in [0.25, 0.3) is 22.2 Å². The van der Waals surface area contributed by atoms with Gasteiger partial charge in [-0.3, -0.25) is 9.89 Å². The van der Waals surface area contributed by atoms with Crippen LogP contribution in [-0.4, -0.2) is 39.4 Å². The van der Waals surface area contributed by atoms with Gasteiger partial charge in [-0.05, 0) is 80.8 Å². The summed E-state index contributed by atoms with van der Waals surface area (Å²) in [7, 11) is 0. The highest BCUT2D eigenvalue weighted by molar-refractivity contribution is 6.01. The number of benzene rings is 3. The lowest BCUT2D eigenvalue weighted by Crippen LogP contribution is -2.44. The van der Waals surface area contributed by atoms with Gasteiger partial charge in [0.15, 0.2) is 0 Å². The molecule has 2 bridgehead atoms. The summed E-state index contributed by atoms with van der Waals surface area (Å²) in [5, 5.41) is 21.8. The van der Waals surface area contributed by atoms with Gasteiger partial charge in [-0.15, -0.1) is 0 Å². The molecular weight excluding hydrogens is 479 g/mol. The molecule has 38 heavy (non-hydrogen) atoms. The van der Waals surface area contributed by atoms with Gasteiger partial charge in [-0.1, -0.05) is 30.3 Å². The highest BCUT2D eigenvalue weighted by atomic mass is 19.1. The third kappa shape index (κ3) is 4.15. The summed E-state index contributed by atoms with van der Waals surface area (Å²) in [6.07, 6.45) is 5.74. The molecule has 1 amide bonds. The van der Waals surface area contributed by atoms with Crippen molar-refractivity contribution < 1.29 is 14.3 Å². The van der Waals surface area contributed by atoms with Gasteiger partial charge in [0.25, 0.3) is 5.91 Å². The van der Waals surface area contributed by atoms with E-state index in [9.17, 15) is 14.3 Å². The first-order valence-electron chi connectivity index (χ1n) is 13.7. The lowest BCUT2D eigenvalue weighted by Gasteiger charge is -2.39. The summed E-state index contributed by atoms with van der Waals surface area (Å²) in [5.74, 6) is -0.229. The number of hydrogen-bond donors (Lipinski definition) is 3. The first-order valence-corrected chi connectivity index (χ1v) is 13.7. The minimum Gasteiger partial charge on any atom is -0.393 e. The third-order valence-electron chi connectivity index (χ3n) is 8.59. The Morgan fingerprint density at radius 3 is 2.45 bits per heavy atom. The summed E-state index contributed by atoms with van der Waals surface area (Å²) < 4.78 is 14.5. The molecule has 1 aromatic heterocycles. The molecule has 3 fully saturated rings. The maximum absolute atomic E-state index is 14.5. The van der Waals surface area contributed by atoms with Crippen LogP contribution in [0.15, 0.2) is 66.7 Å². The van der Waals surface area contributed by atoms with Crippen LogP contribution in [0.2, 0.25) is 0 Å². The lowest BCUT2D eigenvalue weighted by molar-refractivity contribution is 0.0931. The number of aromatic nitrogens is 2. The summed E-state index contributed by atoms with van der Waals surface area (Å²) in [4.78, 5) is 15.8. The van der Waals surface area contributed by atoms with Crippen molar-refractivity contribution in [1.29, 1.82) is 0 Å². The van der Waals surface area contributed by atoms with Gasteiger partial charge in [0, 0.05) is 39.8 Å². The van der Waals surface area contributed by atoms with Crippen molar-refractivity contribution in [3.63, 3.8) is 0 Å². The molecule has 2 aliphatic heterocycles. The molecule has 3 aromatic carbocycles. The molecule has 0 radical (unpaired) electrons. The Morgan fingerprint density at radius 2 is 1.74 bits per heavy atom. The number of nitrogens with one attached hydrogen (secondary N) is 2. The van der Waals surface area contributed by atoms with Crippen LogP contribution in [0.5, 0.6) is 0 Å². The molecule has 4 aromatic rings. The first kappa shape index (κ1) is 23.4. The molecule has 0 spiro atoms. The molecule has 4 atom stereocenters. The summed E-state index contributed by atoms with van der Waals surface area (Å²) in [5.41, 5.74) is 4.89. The molecular formula is C31H31FN4O2. The number of amides is 1. The van der Waals surface area contributed by atoms with Crippen LogP contribution in [0, 0.1) is 11.7 Å². The van der Waals surface area contributed by atoms with E-state index in [-0.39, 0.29) is 29.8 Å². The van der Waals surface area contributed by atoms with Crippen molar-refractivity contribution in [2.75, 3.05) is 4.90 Å². The highest BCUT2D eigenvalue weighted by Gasteiger charge is 2.40. The lowest BCUT2D eigenvalue weighted by atomic mass is 9.98. The molecule has 2 saturated heterocycles. The van der Waals surface area contributed by atoms with Gasteiger partial charge in [0.1, 0.15) is 5.82 Å². The molecule has 7 rings (SSSR count). The van der Waals surface area contributed by atoms with Gasteiger partial charge >= 0.3 is 0 Å². The standard InChI is InChI=1S/C31H31FN4O2/c32-27-4-2-1-3-25(27)29(18-5-6-18)33-31(38)20-9-14-28-26(15-20)30(35-34-28)19-7-10-21(11-8-19)36-22-12-13-23(36)17-24(37)16-22/h1-4,7-11,14-15,18,22-24,29,37H,5-6,12-13,16-17H2,(H,33,38)(H,34,35)/t22-,23+,24+,29?. The van der Waals surface area contributed by atoms with Crippen molar-refractivity contribution in [3.05, 3.63) is 83.7 Å². The van der Waals surface area contributed by atoms with E-state index < -0.39 is 0 Å². The molecule has 3 aliphatic rings. The third-order valence-corrected chi connectivity index (χ3v) is 8.59. The Kier molecular flexibility index (Phi) is 5.69. The van der Waals surface area contributed by atoms with E-state index in [0.29, 0.717) is 23.2 Å². The smallest absolute Gasteiger partial charge is 0.251 e. The average Bonchev–Trinajstić information content (AvgIpc) is 3.62. The van der Waals surface area contributed by atoms with E-state index >= 15 is 0 Å². The Labute approximate surface area is 220 Å². The zero-order valence-electron chi connectivity index (χ0n) is 21.1. The number of rotatable bonds is 6. The van der Waals surface area contributed by atoms with Crippen LogP contribution in [0.1, 0.15) is 60.5 Å². The van der Waals surface area contributed by atoms with Crippen LogP contribution in [0.3, 0.4) is 0 Å². The number of halogens is 1. The first-order chi connectivity index (χ1) is 18.5. The molecule has 3 N–H and O–H groups in total. The molecule has 3 heterocycles. The van der Waals surface area contributed by atoms with Gasteiger partial charge in [0.2, 0.25) is 0 Å². The zero-order chi connectivity index (χ0) is 25.8. The van der Waals surface area contributed by atoms with Crippen molar-refractivity contribution in [2.24, 2.45) is 5.92 Å². The number of H-pyrrole nitrogens is 1. The van der Waals surface area contributed by atoms with Crippen LogP contribution >= 0.6 is 0 Å². The SMILES string of the molecule is O=C(NC(c1ccccc1F)C1CC1)c1ccc2[nH]nc(-c3ccc(N4[C@@H]5CC[C@H]4C[C@@H](O)C5)cc3)c2c1. The Bertz CT molecular complexity index is 1480. The van der Waals surface area contributed by atoms with Crippen LogP contribution in [-0.2, 0) is 0 Å². The van der Waals surface area contributed by atoms with Crippen molar-refractivity contribution in [3.8, 4) is 11.3 Å². The summed E-state index contributed by atoms with van der Waals surface area (Å²) >= 11 is 0. The quantitative estimate of drug-likeness (QED) is 0.309. The summed E-state index contributed by atoms with van der Waals surface area (Å²) in [6.45, 7) is 0. The van der Waals surface area contributed by atoms with Gasteiger partial charge in [0.05, 0.1) is 23.4 Å². The van der Waals surface area contributed by atoms with Gasteiger partial charge < -0.3 is 15.3 Å².